The zero-order chi connectivity index (χ0) is 23.1. The average Bonchev–Trinajstić information content (AvgIpc) is 2.81. The fourth-order valence-corrected chi connectivity index (χ4v) is 4.09. The molecule has 2 aromatic carbocycles. The molecule has 0 amide bonds. The second-order valence-corrected chi connectivity index (χ2v) is 7.47. The van der Waals surface area contributed by atoms with Crippen LogP contribution in [-0.4, -0.2) is 39.7 Å². The van der Waals surface area contributed by atoms with E-state index in [0.717, 1.165) is 47.4 Å². The maximum atomic E-state index is 14.1. The number of hydrogen-bond acceptors (Lipinski definition) is 6. The summed E-state index contributed by atoms with van der Waals surface area (Å²) in [6, 6.07) is 9.21. The van der Waals surface area contributed by atoms with E-state index in [1.54, 1.807) is 13.1 Å². The number of hydrogen-bond donors (Lipinski definition) is 3. The lowest BCUT2D eigenvalue weighted by molar-refractivity contribution is -0.107. The van der Waals surface area contributed by atoms with Crippen molar-refractivity contribution in [2.45, 2.75) is 25.7 Å². The molecule has 6 nitrogen and oxygen atoms in total. The monoisotopic (exact) mass is 441 g/mol. The van der Waals surface area contributed by atoms with Crippen molar-refractivity contribution in [2.75, 3.05) is 42.7 Å². The standard InChI is InChI=1S/C24H29F2N5O/c1-28-15-17(14-27)18-12-16-6-4-10-31(22(16)13-19(18)24(25)26)21-8-3-7-20(29-2)23(21)30-9-5-11-32/h3,7-8,11-15,24,29-30H,4-6,9-10,27H2,1-2H3. The van der Waals surface area contributed by atoms with Crippen molar-refractivity contribution in [3.63, 3.8) is 0 Å². The highest BCUT2D eigenvalue weighted by Crippen LogP contribution is 2.43. The number of anilines is 4. The zero-order valence-corrected chi connectivity index (χ0v) is 18.4. The number of nitrogens with two attached hydrogens (primary N) is 1. The molecule has 0 atom stereocenters. The van der Waals surface area contributed by atoms with Crippen LogP contribution in [0.15, 0.2) is 41.5 Å². The van der Waals surface area contributed by atoms with Gasteiger partial charge in [-0.25, -0.2) is 8.78 Å². The van der Waals surface area contributed by atoms with Crippen LogP contribution in [-0.2, 0) is 11.2 Å². The lowest BCUT2D eigenvalue weighted by atomic mass is 9.92. The van der Waals surface area contributed by atoms with E-state index in [0.29, 0.717) is 30.6 Å². The molecule has 0 aromatic heterocycles. The van der Waals surface area contributed by atoms with Crippen molar-refractivity contribution >= 4 is 40.8 Å². The molecule has 0 aliphatic carbocycles. The number of rotatable bonds is 9. The van der Waals surface area contributed by atoms with Crippen molar-refractivity contribution in [1.29, 1.82) is 0 Å². The first kappa shape index (κ1) is 23.2. The van der Waals surface area contributed by atoms with Crippen LogP contribution in [0, 0.1) is 0 Å². The van der Waals surface area contributed by atoms with Crippen LogP contribution in [0.2, 0.25) is 0 Å². The van der Waals surface area contributed by atoms with Crippen LogP contribution >= 0.6 is 0 Å². The van der Waals surface area contributed by atoms with Crippen molar-refractivity contribution in [1.82, 2.24) is 0 Å². The Morgan fingerprint density at radius 2 is 2.12 bits per heavy atom. The Morgan fingerprint density at radius 3 is 2.78 bits per heavy atom. The molecule has 4 N–H and O–H groups in total. The zero-order valence-electron chi connectivity index (χ0n) is 18.4. The summed E-state index contributed by atoms with van der Waals surface area (Å²) in [5.41, 5.74) is 10.8. The Balaban J connectivity index is 2.15. The molecular weight excluding hydrogens is 412 g/mol. The summed E-state index contributed by atoms with van der Waals surface area (Å²) in [4.78, 5) is 16.8. The second kappa shape index (κ2) is 10.7. The van der Waals surface area contributed by atoms with E-state index in [9.17, 15) is 13.6 Å². The highest BCUT2D eigenvalue weighted by atomic mass is 19.3. The highest BCUT2D eigenvalue weighted by molar-refractivity contribution is 6.10. The normalized spacial score (nSPS) is 14.0. The maximum Gasteiger partial charge on any atom is 0.264 e. The molecule has 1 heterocycles. The predicted octanol–water partition coefficient (Wildman–Crippen LogP) is 4.75. The van der Waals surface area contributed by atoms with Gasteiger partial charge in [0.15, 0.2) is 0 Å². The van der Waals surface area contributed by atoms with Crippen molar-refractivity contribution in [2.24, 2.45) is 10.7 Å². The van der Waals surface area contributed by atoms with Crippen LogP contribution in [0.4, 0.5) is 31.5 Å². The topological polar surface area (TPSA) is 82.8 Å². The van der Waals surface area contributed by atoms with Gasteiger partial charge in [0.25, 0.3) is 6.43 Å². The molecule has 0 spiro atoms. The molecule has 0 fully saturated rings. The van der Waals surface area contributed by atoms with Gasteiger partial charge in [0.1, 0.15) is 6.29 Å². The fraction of sp³-hybridized carbons (Fsp3) is 0.333. The van der Waals surface area contributed by atoms with E-state index in [2.05, 4.69) is 20.5 Å². The molecule has 0 saturated carbocycles. The minimum atomic E-state index is -2.66. The Hall–Kier alpha value is -3.42. The first-order valence-electron chi connectivity index (χ1n) is 10.6. The third-order valence-electron chi connectivity index (χ3n) is 5.53. The number of aldehydes is 1. The molecule has 8 heteroatoms. The van der Waals surface area contributed by atoms with Crippen LogP contribution in [0.5, 0.6) is 0 Å². The van der Waals surface area contributed by atoms with Gasteiger partial charge in [-0.1, -0.05) is 6.07 Å². The largest absolute Gasteiger partial charge is 0.404 e. The van der Waals surface area contributed by atoms with Crippen molar-refractivity contribution in [3.8, 4) is 0 Å². The van der Waals surface area contributed by atoms with Crippen LogP contribution in [0.25, 0.3) is 5.57 Å². The molecule has 0 unspecified atom stereocenters. The van der Waals surface area contributed by atoms with E-state index >= 15 is 0 Å². The molecule has 0 bridgehead atoms. The average molecular weight is 442 g/mol. The Kier molecular flexibility index (Phi) is 7.81. The number of fused-ring (bicyclic) bond motifs is 1. The quantitative estimate of drug-likeness (QED) is 0.297. The van der Waals surface area contributed by atoms with Crippen molar-refractivity contribution in [3.05, 3.63) is 53.2 Å². The molecule has 32 heavy (non-hydrogen) atoms. The molecule has 2 aromatic rings. The van der Waals surface area contributed by atoms with Gasteiger partial charge in [-0.05, 0) is 48.2 Å². The number of nitrogens with one attached hydrogen (secondary N) is 2. The first-order chi connectivity index (χ1) is 15.5. The summed E-state index contributed by atoms with van der Waals surface area (Å²) >= 11 is 0. The van der Waals surface area contributed by atoms with Gasteiger partial charge in [-0.15, -0.1) is 0 Å². The fourth-order valence-electron chi connectivity index (χ4n) is 4.09. The summed E-state index contributed by atoms with van der Waals surface area (Å²) in [5.74, 6) is 0. The van der Waals surface area contributed by atoms with Gasteiger partial charge < -0.3 is 26.1 Å². The number of aliphatic imine (C=N–C) groups is 1. The van der Waals surface area contributed by atoms with E-state index in [1.807, 2.05) is 31.3 Å². The van der Waals surface area contributed by atoms with Crippen LogP contribution in [0.3, 0.4) is 0 Å². The summed E-state index contributed by atoms with van der Waals surface area (Å²) < 4.78 is 28.2. The number of allylic oxidation sites excluding steroid dienone is 1. The van der Waals surface area contributed by atoms with Crippen molar-refractivity contribution < 1.29 is 13.6 Å². The Bertz CT molecular complexity index is 1020. The van der Waals surface area contributed by atoms with Gasteiger partial charge in [0.2, 0.25) is 0 Å². The van der Waals surface area contributed by atoms with Crippen LogP contribution < -0.4 is 21.3 Å². The minimum Gasteiger partial charge on any atom is -0.404 e. The lowest BCUT2D eigenvalue weighted by Gasteiger charge is -2.34. The van der Waals surface area contributed by atoms with E-state index in [-0.39, 0.29) is 5.56 Å². The Morgan fingerprint density at radius 1 is 1.31 bits per heavy atom. The molecule has 1 aliphatic rings. The number of halogens is 2. The number of aryl methyl sites for hydroxylation is 1. The van der Waals surface area contributed by atoms with E-state index < -0.39 is 6.43 Å². The van der Waals surface area contributed by atoms with Gasteiger partial charge in [0.05, 0.1) is 17.1 Å². The number of carbonyl (C=O) groups excluding carboxylic acids is 1. The number of benzene rings is 2. The van der Waals surface area contributed by atoms with Gasteiger partial charge in [-0.3, -0.25) is 4.99 Å². The van der Waals surface area contributed by atoms with Gasteiger partial charge in [0, 0.05) is 62.8 Å². The third-order valence-corrected chi connectivity index (χ3v) is 5.53. The molecule has 0 radical (unpaired) electrons. The third kappa shape index (κ3) is 4.74. The minimum absolute atomic E-state index is 0.0764. The predicted molar refractivity (Wildman–Crippen MR) is 128 cm³/mol. The summed E-state index contributed by atoms with van der Waals surface area (Å²) in [7, 11) is 3.41. The Labute approximate surface area is 187 Å². The number of nitrogens with zero attached hydrogens (tertiary/aromatic N) is 2. The second-order valence-electron chi connectivity index (χ2n) is 7.47. The van der Waals surface area contributed by atoms with Gasteiger partial charge in [-0.2, -0.15) is 0 Å². The SMILES string of the molecule is CN=CC(=CN)c1cc2c(cc1C(F)F)N(c1cccc(NC)c1NCCC=O)CCC2. The summed E-state index contributed by atoms with van der Waals surface area (Å²) in [5, 5.41) is 6.50. The molecule has 3 rings (SSSR count). The maximum absolute atomic E-state index is 14.1. The van der Waals surface area contributed by atoms with E-state index in [4.69, 9.17) is 5.73 Å². The number of para-hydroxylation sites is 1. The molecule has 170 valence electrons. The summed E-state index contributed by atoms with van der Waals surface area (Å²) in [6.45, 7) is 1.18. The molecular formula is C24H29F2N5O. The first-order valence-corrected chi connectivity index (χ1v) is 10.6. The number of carbonyl (C=O) groups is 1. The highest BCUT2D eigenvalue weighted by Gasteiger charge is 2.26. The number of alkyl halides is 2. The van der Waals surface area contributed by atoms with E-state index in [1.165, 1.54) is 12.4 Å². The molecule has 0 saturated heterocycles. The lowest BCUT2D eigenvalue weighted by Crippen LogP contribution is -2.26. The smallest absolute Gasteiger partial charge is 0.264 e. The molecule has 1 aliphatic heterocycles. The van der Waals surface area contributed by atoms with Gasteiger partial charge >= 0.3 is 0 Å². The summed E-state index contributed by atoms with van der Waals surface area (Å²) in [6.07, 6.45) is 3.05. The van der Waals surface area contributed by atoms with Crippen LogP contribution in [0.1, 0.15) is 36.0 Å².